The van der Waals surface area contributed by atoms with E-state index >= 15 is 0 Å². The molecule has 0 spiro atoms. The maximum atomic E-state index is 9.41. The van der Waals surface area contributed by atoms with E-state index < -0.39 is 0 Å². The highest BCUT2D eigenvalue weighted by molar-refractivity contribution is 5.98. The van der Waals surface area contributed by atoms with Crippen molar-refractivity contribution in [2.75, 3.05) is 13.1 Å². The number of nitrogens with zero attached hydrogens (tertiary/aromatic N) is 2. The van der Waals surface area contributed by atoms with Gasteiger partial charge in [-0.3, -0.25) is 4.90 Å². The van der Waals surface area contributed by atoms with Gasteiger partial charge in [0.2, 0.25) is 0 Å². The van der Waals surface area contributed by atoms with Crippen LogP contribution in [0.3, 0.4) is 0 Å². The van der Waals surface area contributed by atoms with Gasteiger partial charge in [0.05, 0.1) is 11.5 Å². The highest BCUT2D eigenvalue weighted by atomic mass is 16.6. The molecule has 0 bridgehead atoms. The molecule has 4 nitrogen and oxygen atoms in total. The summed E-state index contributed by atoms with van der Waals surface area (Å²) in [6.07, 6.45) is 0. The van der Waals surface area contributed by atoms with Gasteiger partial charge in [-0.2, -0.15) is 0 Å². The lowest BCUT2D eigenvalue weighted by Crippen LogP contribution is -2.46. The molecule has 1 heterocycles. The Bertz CT molecular complexity index is 1030. The summed E-state index contributed by atoms with van der Waals surface area (Å²) in [6.45, 7) is 8.64. The van der Waals surface area contributed by atoms with Gasteiger partial charge >= 0.3 is 0 Å². The van der Waals surface area contributed by atoms with Crippen LogP contribution in [0.25, 0.3) is 11.1 Å². The van der Waals surface area contributed by atoms with Crippen LogP contribution in [0.1, 0.15) is 23.6 Å². The normalized spacial score (nSPS) is 14.8. The number of hydrogen-bond donors (Lipinski definition) is 1. The Labute approximate surface area is 184 Å². The second kappa shape index (κ2) is 9.63. The maximum absolute atomic E-state index is 9.41. The first-order chi connectivity index (χ1) is 15.1. The summed E-state index contributed by atoms with van der Waals surface area (Å²) in [5, 5.41) is 13.7. The van der Waals surface area contributed by atoms with E-state index in [1.54, 1.807) is 0 Å². The van der Waals surface area contributed by atoms with Crippen molar-refractivity contribution in [1.29, 1.82) is 0 Å². The summed E-state index contributed by atoms with van der Waals surface area (Å²) < 4.78 is 0. The third-order valence-electron chi connectivity index (χ3n) is 5.70. The van der Waals surface area contributed by atoms with Crippen LogP contribution in [-0.2, 0) is 18.0 Å². The van der Waals surface area contributed by atoms with Gasteiger partial charge in [-0.1, -0.05) is 90.6 Å². The van der Waals surface area contributed by atoms with Crippen molar-refractivity contribution in [2.45, 2.75) is 20.1 Å². The van der Waals surface area contributed by atoms with Gasteiger partial charge in [0.25, 0.3) is 0 Å². The third-order valence-corrected chi connectivity index (χ3v) is 5.70. The Morgan fingerprint density at radius 3 is 2.19 bits per heavy atom. The molecular weight excluding hydrogens is 384 g/mol. The molecule has 1 aliphatic rings. The van der Waals surface area contributed by atoms with Crippen molar-refractivity contribution in [3.63, 3.8) is 0 Å². The maximum Gasteiger partial charge on any atom is 0.142 e. The molecule has 4 heteroatoms. The van der Waals surface area contributed by atoms with Gasteiger partial charge in [0, 0.05) is 25.6 Å². The van der Waals surface area contributed by atoms with Crippen LogP contribution in [0.15, 0.2) is 96.4 Å². The molecule has 1 saturated heterocycles. The molecule has 0 radical (unpaired) electrons. The Balaban J connectivity index is 1.27. The van der Waals surface area contributed by atoms with Gasteiger partial charge in [-0.05, 0) is 34.7 Å². The van der Waals surface area contributed by atoms with Crippen LogP contribution in [0, 0.1) is 5.92 Å². The summed E-state index contributed by atoms with van der Waals surface area (Å²) >= 11 is 0. The van der Waals surface area contributed by atoms with Crippen LogP contribution >= 0.6 is 0 Å². The van der Waals surface area contributed by atoms with E-state index in [4.69, 9.17) is 4.84 Å². The van der Waals surface area contributed by atoms with Crippen LogP contribution in [0.2, 0.25) is 0 Å². The van der Waals surface area contributed by atoms with Crippen LogP contribution in [-0.4, -0.2) is 28.8 Å². The van der Waals surface area contributed by atoms with Crippen LogP contribution in [0.4, 0.5) is 0 Å². The Kier molecular flexibility index (Phi) is 6.48. The monoisotopic (exact) mass is 412 g/mol. The molecule has 3 aromatic carbocycles. The summed E-state index contributed by atoms with van der Waals surface area (Å²) in [6, 6.07) is 27.1. The van der Waals surface area contributed by atoms with Crippen LogP contribution in [0.5, 0.6) is 0 Å². The standard InChI is InChI=1S/C27H28N2O2/c1-20(24-12-8-22(9-13-24)16-29-17-27(18-29)21(2)30)28-31-19-23-10-14-26(15-11-23)25-6-4-3-5-7-25/h3-15,27,30H,2,16-19H2,1H3/b28-20+. The fraction of sp³-hybridized carbons (Fsp3) is 0.222. The minimum absolute atomic E-state index is 0.223. The molecule has 0 amide bonds. The van der Waals surface area contributed by atoms with E-state index in [-0.39, 0.29) is 5.92 Å². The average Bonchev–Trinajstić information content (AvgIpc) is 2.77. The van der Waals surface area contributed by atoms with Crippen LogP contribution < -0.4 is 0 Å². The van der Waals surface area contributed by atoms with Gasteiger partial charge in [0.1, 0.15) is 6.61 Å². The summed E-state index contributed by atoms with van der Waals surface area (Å²) in [5.74, 6) is 0.519. The zero-order valence-corrected chi connectivity index (χ0v) is 17.9. The molecule has 0 atom stereocenters. The smallest absolute Gasteiger partial charge is 0.142 e. The van der Waals surface area contributed by atoms with Gasteiger partial charge in [-0.25, -0.2) is 0 Å². The minimum atomic E-state index is 0.223. The van der Waals surface area contributed by atoms with E-state index in [1.165, 1.54) is 16.7 Å². The molecule has 31 heavy (non-hydrogen) atoms. The minimum Gasteiger partial charge on any atom is -0.513 e. The zero-order valence-electron chi connectivity index (χ0n) is 17.9. The van der Waals surface area contributed by atoms with E-state index in [1.807, 2.05) is 25.1 Å². The average molecular weight is 413 g/mol. The predicted molar refractivity (Wildman–Crippen MR) is 126 cm³/mol. The lowest BCUT2D eigenvalue weighted by atomic mass is 9.97. The van der Waals surface area contributed by atoms with Gasteiger partial charge in [-0.15, -0.1) is 0 Å². The molecule has 0 unspecified atom stereocenters. The lowest BCUT2D eigenvalue weighted by molar-refractivity contribution is 0.0863. The van der Waals surface area contributed by atoms with E-state index in [0.717, 1.165) is 36.5 Å². The molecular formula is C27H28N2O2. The van der Waals surface area contributed by atoms with Crippen molar-refractivity contribution in [1.82, 2.24) is 4.90 Å². The molecule has 1 aliphatic heterocycles. The second-order valence-electron chi connectivity index (χ2n) is 8.09. The highest BCUT2D eigenvalue weighted by Crippen LogP contribution is 2.23. The number of aliphatic hydroxyl groups is 1. The van der Waals surface area contributed by atoms with E-state index in [2.05, 4.69) is 77.3 Å². The first-order valence-corrected chi connectivity index (χ1v) is 10.6. The van der Waals surface area contributed by atoms with Crippen molar-refractivity contribution in [3.05, 3.63) is 108 Å². The van der Waals surface area contributed by atoms with Crippen molar-refractivity contribution < 1.29 is 9.94 Å². The number of benzene rings is 3. The Morgan fingerprint density at radius 2 is 1.55 bits per heavy atom. The number of likely N-dealkylation sites (tertiary alicyclic amines) is 1. The molecule has 0 aromatic heterocycles. The third kappa shape index (κ3) is 5.41. The lowest BCUT2D eigenvalue weighted by Gasteiger charge is -2.38. The Hall–Kier alpha value is -3.37. The SMILES string of the molecule is C=C(O)C1CN(Cc2ccc(/C(C)=N/OCc3ccc(-c4ccccc4)cc3)cc2)C1. The van der Waals surface area contributed by atoms with E-state index in [9.17, 15) is 5.11 Å². The van der Waals surface area contributed by atoms with Gasteiger partial charge < -0.3 is 9.94 Å². The molecule has 158 valence electrons. The second-order valence-corrected chi connectivity index (χ2v) is 8.09. The molecule has 1 N–H and O–H groups in total. The Morgan fingerprint density at radius 1 is 0.935 bits per heavy atom. The number of hydrogen-bond acceptors (Lipinski definition) is 4. The topological polar surface area (TPSA) is 45.1 Å². The van der Waals surface area contributed by atoms with E-state index in [0.29, 0.717) is 12.4 Å². The van der Waals surface area contributed by atoms with Crippen molar-refractivity contribution in [3.8, 4) is 11.1 Å². The fourth-order valence-electron chi connectivity index (χ4n) is 3.70. The first kappa shape index (κ1) is 20.9. The molecule has 4 rings (SSSR count). The largest absolute Gasteiger partial charge is 0.513 e. The number of oxime groups is 1. The molecule has 0 aliphatic carbocycles. The van der Waals surface area contributed by atoms with Crippen molar-refractivity contribution in [2.24, 2.45) is 11.1 Å². The first-order valence-electron chi connectivity index (χ1n) is 10.6. The van der Waals surface area contributed by atoms with Gasteiger partial charge in [0.15, 0.2) is 0 Å². The summed E-state index contributed by atoms with van der Waals surface area (Å²) in [7, 11) is 0. The zero-order chi connectivity index (χ0) is 21.6. The van der Waals surface area contributed by atoms with Crippen molar-refractivity contribution >= 4 is 5.71 Å². The number of aliphatic hydroxyl groups excluding tert-OH is 1. The quantitative estimate of drug-likeness (QED) is 0.289. The predicted octanol–water partition coefficient (Wildman–Crippen LogP) is 5.80. The summed E-state index contributed by atoms with van der Waals surface area (Å²) in [5.41, 5.74) is 6.64. The summed E-state index contributed by atoms with van der Waals surface area (Å²) in [4.78, 5) is 7.88. The molecule has 0 saturated carbocycles. The molecule has 1 fully saturated rings. The highest BCUT2D eigenvalue weighted by Gasteiger charge is 2.28. The number of rotatable bonds is 8. The fourth-order valence-corrected chi connectivity index (χ4v) is 3.70. The molecule has 3 aromatic rings.